The number of anilines is 1. The summed E-state index contributed by atoms with van der Waals surface area (Å²) in [6.07, 6.45) is 7.40. The Kier molecular flexibility index (Phi) is 5.56. The summed E-state index contributed by atoms with van der Waals surface area (Å²) < 4.78 is 0. The van der Waals surface area contributed by atoms with Crippen molar-refractivity contribution in [2.24, 2.45) is 0 Å². The topological polar surface area (TPSA) is 62.2 Å². The molecule has 0 spiro atoms. The standard InChI is InChI=1S/C19H23ClN2O2/c20-13-9-10-15-17(12-13)22-16-7-4-3-6-14(16)19(15)21-11-5-1-2-8-18(23)24/h9-10,12H,1-8,11H2,(H,21,22)(H,23,24). The minimum absolute atomic E-state index is 0.256. The van der Waals surface area contributed by atoms with E-state index >= 15 is 0 Å². The van der Waals surface area contributed by atoms with Gasteiger partial charge in [-0.3, -0.25) is 9.78 Å². The van der Waals surface area contributed by atoms with Gasteiger partial charge in [0.05, 0.1) is 5.52 Å². The van der Waals surface area contributed by atoms with E-state index in [2.05, 4.69) is 5.32 Å². The number of aromatic nitrogens is 1. The van der Waals surface area contributed by atoms with Crippen LogP contribution in [0, 0.1) is 0 Å². The molecule has 5 heteroatoms. The van der Waals surface area contributed by atoms with Crippen LogP contribution in [0.15, 0.2) is 18.2 Å². The molecule has 0 atom stereocenters. The van der Waals surface area contributed by atoms with Gasteiger partial charge in [0.25, 0.3) is 0 Å². The number of halogens is 1. The number of rotatable bonds is 7. The lowest BCUT2D eigenvalue weighted by molar-refractivity contribution is -0.137. The summed E-state index contributed by atoms with van der Waals surface area (Å²) in [6, 6.07) is 5.90. The number of carboxylic acid groups (broad SMARTS) is 1. The smallest absolute Gasteiger partial charge is 0.303 e. The Morgan fingerprint density at radius 1 is 1.21 bits per heavy atom. The summed E-state index contributed by atoms with van der Waals surface area (Å²) in [4.78, 5) is 15.4. The van der Waals surface area contributed by atoms with Gasteiger partial charge in [-0.2, -0.15) is 0 Å². The molecule has 128 valence electrons. The first-order valence-electron chi connectivity index (χ1n) is 8.72. The predicted octanol–water partition coefficient (Wildman–Crippen LogP) is 4.82. The van der Waals surface area contributed by atoms with Crippen molar-refractivity contribution in [3.63, 3.8) is 0 Å². The molecule has 2 N–H and O–H groups in total. The van der Waals surface area contributed by atoms with Crippen molar-refractivity contribution in [2.45, 2.75) is 51.4 Å². The lowest BCUT2D eigenvalue weighted by Gasteiger charge is -2.21. The number of nitrogens with one attached hydrogen (secondary N) is 1. The van der Waals surface area contributed by atoms with Gasteiger partial charge in [0.2, 0.25) is 0 Å². The van der Waals surface area contributed by atoms with Crippen LogP contribution in [-0.4, -0.2) is 22.6 Å². The Bertz CT molecular complexity index is 746. The molecular weight excluding hydrogens is 324 g/mol. The molecule has 0 radical (unpaired) electrons. The van der Waals surface area contributed by atoms with Gasteiger partial charge < -0.3 is 10.4 Å². The van der Waals surface area contributed by atoms with E-state index in [4.69, 9.17) is 21.7 Å². The molecule has 2 aromatic rings. The molecule has 1 heterocycles. The molecule has 4 nitrogen and oxygen atoms in total. The lowest BCUT2D eigenvalue weighted by atomic mass is 9.92. The second kappa shape index (κ2) is 7.84. The molecule has 0 bridgehead atoms. The summed E-state index contributed by atoms with van der Waals surface area (Å²) >= 11 is 6.13. The second-order valence-electron chi connectivity index (χ2n) is 6.41. The number of unbranched alkanes of at least 4 members (excludes halogenated alkanes) is 2. The number of carboxylic acids is 1. The maximum atomic E-state index is 10.6. The Labute approximate surface area is 147 Å². The third kappa shape index (κ3) is 3.99. The molecule has 0 aliphatic heterocycles. The van der Waals surface area contributed by atoms with Crippen LogP contribution in [0.2, 0.25) is 5.02 Å². The molecule has 0 fully saturated rings. The average Bonchev–Trinajstić information content (AvgIpc) is 2.56. The normalized spacial score (nSPS) is 13.7. The monoisotopic (exact) mass is 346 g/mol. The van der Waals surface area contributed by atoms with E-state index in [0.717, 1.165) is 49.6 Å². The number of hydrogen-bond acceptors (Lipinski definition) is 3. The van der Waals surface area contributed by atoms with Gasteiger partial charge in [-0.05, 0) is 62.3 Å². The number of aliphatic carboxylic acids is 1. The summed E-state index contributed by atoms with van der Waals surface area (Å²) in [5.74, 6) is -0.714. The van der Waals surface area contributed by atoms with E-state index < -0.39 is 5.97 Å². The van der Waals surface area contributed by atoms with Crippen LogP contribution >= 0.6 is 11.6 Å². The van der Waals surface area contributed by atoms with Crippen molar-refractivity contribution in [3.8, 4) is 0 Å². The van der Waals surface area contributed by atoms with E-state index in [-0.39, 0.29) is 6.42 Å². The molecule has 0 amide bonds. The zero-order valence-corrected chi connectivity index (χ0v) is 14.5. The summed E-state index contributed by atoms with van der Waals surface area (Å²) in [5, 5.41) is 14.1. The Hall–Kier alpha value is -1.81. The van der Waals surface area contributed by atoms with E-state index in [9.17, 15) is 4.79 Å². The van der Waals surface area contributed by atoms with Gasteiger partial charge in [-0.1, -0.05) is 18.0 Å². The van der Waals surface area contributed by atoms with Crippen molar-refractivity contribution in [2.75, 3.05) is 11.9 Å². The molecular formula is C19H23ClN2O2. The number of fused-ring (bicyclic) bond motifs is 2. The van der Waals surface area contributed by atoms with E-state index in [1.807, 2.05) is 18.2 Å². The fourth-order valence-corrected chi connectivity index (χ4v) is 3.56. The van der Waals surface area contributed by atoms with Crippen molar-refractivity contribution < 1.29 is 9.90 Å². The van der Waals surface area contributed by atoms with Crippen molar-refractivity contribution in [1.82, 2.24) is 4.98 Å². The maximum absolute atomic E-state index is 10.6. The van der Waals surface area contributed by atoms with E-state index in [0.29, 0.717) is 5.02 Å². The Balaban J connectivity index is 1.76. The Morgan fingerprint density at radius 3 is 2.88 bits per heavy atom. The fraction of sp³-hybridized carbons (Fsp3) is 0.474. The van der Waals surface area contributed by atoms with Crippen LogP contribution in [0.1, 0.15) is 49.8 Å². The number of pyridine rings is 1. The molecule has 1 aromatic heterocycles. The molecule has 24 heavy (non-hydrogen) atoms. The summed E-state index contributed by atoms with van der Waals surface area (Å²) in [5.41, 5.74) is 4.70. The van der Waals surface area contributed by atoms with Gasteiger partial charge >= 0.3 is 5.97 Å². The fourth-order valence-electron chi connectivity index (χ4n) is 3.39. The van der Waals surface area contributed by atoms with Crippen LogP contribution in [0.25, 0.3) is 10.9 Å². The van der Waals surface area contributed by atoms with Gasteiger partial charge in [0.15, 0.2) is 0 Å². The average molecular weight is 347 g/mol. The number of nitrogens with zero attached hydrogens (tertiary/aromatic N) is 1. The van der Waals surface area contributed by atoms with Crippen molar-refractivity contribution >= 4 is 34.2 Å². The maximum Gasteiger partial charge on any atom is 0.303 e. The third-order valence-corrected chi connectivity index (χ3v) is 4.83. The predicted molar refractivity (Wildman–Crippen MR) is 98.0 cm³/mol. The van der Waals surface area contributed by atoms with Gasteiger partial charge in [0.1, 0.15) is 0 Å². The Morgan fingerprint density at radius 2 is 2.04 bits per heavy atom. The first-order valence-corrected chi connectivity index (χ1v) is 9.09. The van der Waals surface area contributed by atoms with Crippen molar-refractivity contribution in [1.29, 1.82) is 0 Å². The largest absolute Gasteiger partial charge is 0.481 e. The minimum Gasteiger partial charge on any atom is -0.481 e. The highest BCUT2D eigenvalue weighted by Crippen LogP contribution is 2.34. The van der Waals surface area contributed by atoms with Crippen LogP contribution in [0.5, 0.6) is 0 Å². The number of hydrogen-bond donors (Lipinski definition) is 2. The molecule has 1 aromatic carbocycles. The van der Waals surface area contributed by atoms with Crippen molar-refractivity contribution in [3.05, 3.63) is 34.5 Å². The number of carbonyl (C=O) groups is 1. The second-order valence-corrected chi connectivity index (χ2v) is 6.85. The van der Waals surface area contributed by atoms with Crippen LogP contribution in [0.3, 0.4) is 0 Å². The lowest BCUT2D eigenvalue weighted by Crippen LogP contribution is -2.12. The van der Waals surface area contributed by atoms with Gasteiger partial charge in [-0.25, -0.2) is 0 Å². The minimum atomic E-state index is -0.714. The first kappa shape index (κ1) is 17.0. The molecule has 0 saturated heterocycles. The van der Waals surface area contributed by atoms with Crippen LogP contribution < -0.4 is 5.32 Å². The summed E-state index contributed by atoms with van der Waals surface area (Å²) in [6.45, 7) is 0.855. The SMILES string of the molecule is O=C(O)CCCCCNc1c2c(nc3cc(Cl)ccc13)CCCC2. The van der Waals surface area contributed by atoms with Crippen LogP contribution in [0.4, 0.5) is 5.69 Å². The zero-order chi connectivity index (χ0) is 16.9. The highest BCUT2D eigenvalue weighted by Gasteiger charge is 2.18. The van der Waals surface area contributed by atoms with E-state index in [1.54, 1.807) is 0 Å². The third-order valence-electron chi connectivity index (χ3n) is 4.59. The highest BCUT2D eigenvalue weighted by atomic mass is 35.5. The number of aryl methyl sites for hydroxylation is 1. The molecule has 3 rings (SSSR count). The zero-order valence-electron chi connectivity index (χ0n) is 13.8. The molecule has 1 aliphatic carbocycles. The highest BCUT2D eigenvalue weighted by molar-refractivity contribution is 6.31. The molecule has 1 aliphatic rings. The first-order chi connectivity index (χ1) is 11.6. The summed E-state index contributed by atoms with van der Waals surface area (Å²) in [7, 11) is 0. The van der Waals surface area contributed by atoms with E-state index in [1.165, 1.54) is 29.8 Å². The quantitative estimate of drug-likeness (QED) is 0.705. The molecule has 0 saturated carbocycles. The van der Waals surface area contributed by atoms with Gasteiger partial charge in [0, 0.05) is 34.8 Å². The number of benzene rings is 1. The molecule has 0 unspecified atom stereocenters. The van der Waals surface area contributed by atoms with Gasteiger partial charge in [-0.15, -0.1) is 0 Å². The van der Waals surface area contributed by atoms with Crippen LogP contribution in [-0.2, 0) is 17.6 Å².